The first-order chi connectivity index (χ1) is 8.09. The number of hydrogen-bond acceptors (Lipinski definition) is 2. The molecule has 17 heavy (non-hydrogen) atoms. The normalized spacial score (nSPS) is 17.4. The molecule has 1 aromatic carbocycles. The summed E-state index contributed by atoms with van der Waals surface area (Å²) in [5.41, 5.74) is 0.332. The molecular formula is C12H14BrF2NO. The lowest BCUT2D eigenvalue weighted by Gasteiger charge is -2.23. The van der Waals surface area contributed by atoms with E-state index in [0.29, 0.717) is 17.9 Å². The molecule has 1 aromatic rings. The first kappa shape index (κ1) is 12.8. The van der Waals surface area contributed by atoms with E-state index in [1.807, 2.05) is 0 Å². The van der Waals surface area contributed by atoms with Gasteiger partial charge in [0.2, 0.25) is 5.82 Å². The molecule has 0 aliphatic carbocycles. The Morgan fingerprint density at radius 2 is 1.94 bits per heavy atom. The fourth-order valence-electron chi connectivity index (χ4n) is 2.18. The summed E-state index contributed by atoms with van der Waals surface area (Å²) in [4.78, 5) is 0. The standard InChI is InChI=1S/C12H14BrF2NO/c13-9-6-8(10(14)11(15)12(9)17)5-7-1-3-16-4-2-7/h6-7,16-17H,1-5H2. The minimum Gasteiger partial charge on any atom is -0.504 e. The van der Waals surface area contributed by atoms with Gasteiger partial charge >= 0.3 is 0 Å². The van der Waals surface area contributed by atoms with Crippen LogP contribution in [0.25, 0.3) is 0 Å². The van der Waals surface area contributed by atoms with E-state index < -0.39 is 17.4 Å². The Kier molecular flexibility index (Phi) is 3.99. The zero-order chi connectivity index (χ0) is 12.4. The Balaban J connectivity index is 2.20. The summed E-state index contributed by atoms with van der Waals surface area (Å²) in [5, 5.41) is 12.5. The fraction of sp³-hybridized carbons (Fsp3) is 0.500. The highest BCUT2D eigenvalue weighted by Gasteiger charge is 2.20. The predicted octanol–water partition coefficient (Wildman–Crippen LogP) is 2.98. The Morgan fingerprint density at radius 3 is 2.59 bits per heavy atom. The topological polar surface area (TPSA) is 32.3 Å². The maximum Gasteiger partial charge on any atom is 0.201 e. The number of hydrogen-bond donors (Lipinski definition) is 2. The second-order valence-electron chi connectivity index (χ2n) is 4.39. The van der Waals surface area contributed by atoms with Crippen molar-refractivity contribution in [3.05, 3.63) is 27.7 Å². The van der Waals surface area contributed by atoms with Gasteiger partial charge in [0.25, 0.3) is 0 Å². The van der Waals surface area contributed by atoms with Crippen molar-refractivity contribution in [3.8, 4) is 5.75 Å². The zero-order valence-electron chi connectivity index (χ0n) is 9.27. The molecule has 2 nitrogen and oxygen atoms in total. The van der Waals surface area contributed by atoms with Crippen molar-refractivity contribution < 1.29 is 13.9 Å². The molecule has 0 unspecified atom stereocenters. The number of nitrogens with one attached hydrogen (secondary N) is 1. The maximum atomic E-state index is 13.6. The van der Waals surface area contributed by atoms with Crippen LogP contribution in [0.1, 0.15) is 18.4 Å². The second-order valence-corrected chi connectivity index (χ2v) is 5.25. The minimum absolute atomic E-state index is 0.209. The third-order valence-corrected chi connectivity index (χ3v) is 3.78. The third kappa shape index (κ3) is 2.77. The molecule has 0 bridgehead atoms. The van der Waals surface area contributed by atoms with Crippen LogP contribution in [-0.2, 0) is 6.42 Å². The second kappa shape index (κ2) is 5.31. The largest absolute Gasteiger partial charge is 0.504 e. The average Bonchev–Trinajstić information content (AvgIpc) is 2.35. The van der Waals surface area contributed by atoms with E-state index >= 15 is 0 Å². The molecule has 2 N–H and O–H groups in total. The number of aromatic hydroxyl groups is 1. The van der Waals surface area contributed by atoms with Crippen molar-refractivity contribution in [3.63, 3.8) is 0 Å². The van der Waals surface area contributed by atoms with Crippen LogP contribution in [-0.4, -0.2) is 18.2 Å². The molecule has 1 aliphatic heterocycles. The Labute approximate surface area is 107 Å². The number of piperidine rings is 1. The van der Waals surface area contributed by atoms with Gasteiger partial charge in [0.15, 0.2) is 11.6 Å². The summed E-state index contributed by atoms with van der Waals surface area (Å²) in [5.74, 6) is -2.37. The van der Waals surface area contributed by atoms with Gasteiger partial charge in [-0.05, 0) is 65.8 Å². The van der Waals surface area contributed by atoms with Crippen LogP contribution < -0.4 is 5.32 Å². The molecule has 2 rings (SSSR count). The fourth-order valence-corrected chi connectivity index (χ4v) is 2.63. The van der Waals surface area contributed by atoms with Crippen LogP contribution in [0.3, 0.4) is 0 Å². The van der Waals surface area contributed by atoms with Gasteiger partial charge < -0.3 is 10.4 Å². The molecule has 94 valence electrons. The predicted molar refractivity (Wildman–Crippen MR) is 65.0 cm³/mol. The molecule has 1 aliphatic rings. The molecule has 0 atom stereocenters. The lowest BCUT2D eigenvalue weighted by Crippen LogP contribution is -2.28. The molecule has 1 heterocycles. The van der Waals surface area contributed by atoms with E-state index in [4.69, 9.17) is 0 Å². The molecule has 1 saturated heterocycles. The summed E-state index contributed by atoms with van der Waals surface area (Å²) < 4.78 is 27.2. The lowest BCUT2D eigenvalue weighted by molar-refractivity contribution is 0.361. The summed E-state index contributed by atoms with van der Waals surface area (Å²) >= 11 is 3.03. The molecule has 5 heteroatoms. The van der Waals surface area contributed by atoms with E-state index in [9.17, 15) is 13.9 Å². The smallest absolute Gasteiger partial charge is 0.201 e. The first-order valence-corrected chi connectivity index (χ1v) is 6.45. The van der Waals surface area contributed by atoms with Gasteiger partial charge in [0, 0.05) is 0 Å². The van der Waals surface area contributed by atoms with E-state index in [0.717, 1.165) is 25.9 Å². The molecular weight excluding hydrogens is 292 g/mol. The van der Waals surface area contributed by atoms with Crippen molar-refractivity contribution in [2.75, 3.05) is 13.1 Å². The number of benzene rings is 1. The molecule has 1 fully saturated rings. The summed E-state index contributed by atoms with van der Waals surface area (Å²) in [6.45, 7) is 1.85. The van der Waals surface area contributed by atoms with Crippen LogP contribution in [0.15, 0.2) is 10.5 Å². The van der Waals surface area contributed by atoms with E-state index in [2.05, 4.69) is 21.2 Å². The van der Waals surface area contributed by atoms with Crippen molar-refractivity contribution >= 4 is 15.9 Å². The number of halogens is 3. The van der Waals surface area contributed by atoms with Crippen LogP contribution in [0.4, 0.5) is 8.78 Å². The highest BCUT2D eigenvalue weighted by molar-refractivity contribution is 9.10. The maximum absolute atomic E-state index is 13.6. The van der Waals surface area contributed by atoms with Gasteiger partial charge in [-0.1, -0.05) is 0 Å². The number of phenolic OH excluding ortho intramolecular Hbond substituents is 1. The van der Waals surface area contributed by atoms with E-state index in [1.165, 1.54) is 6.07 Å². The molecule has 0 radical (unpaired) electrons. The number of phenols is 1. The van der Waals surface area contributed by atoms with Gasteiger partial charge in [-0.3, -0.25) is 0 Å². The summed E-state index contributed by atoms with van der Waals surface area (Å²) in [6.07, 6.45) is 2.46. The molecule has 0 aromatic heterocycles. The van der Waals surface area contributed by atoms with Gasteiger partial charge in [0.05, 0.1) is 4.47 Å². The van der Waals surface area contributed by atoms with E-state index in [1.54, 1.807) is 0 Å². The molecule has 0 amide bonds. The molecule has 0 spiro atoms. The Hall–Kier alpha value is -0.680. The molecule has 0 saturated carbocycles. The first-order valence-electron chi connectivity index (χ1n) is 5.65. The van der Waals surface area contributed by atoms with Gasteiger partial charge in [-0.15, -0.1) is 0 Å². The Morgan fingerprint density at radius 1 is 1.29 bits per heavy atom. The highest BCUT2D eigenvalue weighted by Crippen LogP contribution is 2.32. The zero-order valence-corrected chi connectivity index (χ0v) is 10.9. The van der Waals surface area contributed by atoms with Crippen LogP contribution in [0.2, 0.25) is 0 Å². The van der Waals surface area contributed by atoms with Crippen molar-refractivity contribution in [2.24, 2.45) is 5.92 Å². The number of rotatable bonds is 2. The summed E-state index contributed by atoms with van der Waals surface area (Å²) in [6, 6.07) is 1.47. The minimum atomic E-state index is -1.16. The van der Waals surface area contributed by atoms with Gasteiger partial charge in [-0.25, -0.2) is 4.39 Å². The highest BCUT2D eigenvalue weighted by atomic mass is 79.9. The quantitative estimate of drug-likeness (QED) is 0.823. The van der Waals surface area contributed by atoms with Crippen LogP contribution in [0, 0.1) is 17.6 Å². The van der Waals surface area contributed by atoms with Crippen molar-refractivity contribution in [1.29, 1.82) is 0 Å². The third-order valence-electron chi connectivity index (χ3n) is 3.18. The van der Waals surface area contributed by atoms with E-state index in [-0.39, 0.29) is 4.47 Å². The summed E-state index contributed by atoms with van der Waals surface area (Å²) in [7, 11) is 0. The average molecular weight is 306 g/mol. The van der Waals surface area contributed by atoms with Crippen molar-refractivity contribution in [2.45, 2.75) is 19.3 Å². The monoisotopic (exact) mass is 305 g/mol. The Bertz CT molecular complexity index is 419. The lowest BCUT2D eigenvalue weighted by atomic mass is 9.91. The van der Waals surface area contributed by atoms with Crippen LogP contribution in [0.5, 0.6) is 5.75 Å². The van der Waals surface area contributed by atoms with Gasteiger partial charge in [-0.2, -0.15) is 4.39 Å². The van der Waals surface area contributed by atoms with Crippen molar-refractivity contribution in [1.82, 2.24) is 5.32 Å². The SMILES string of the molecule is Oc1c(Br)cc(CC2CCNCC2)c(F)c1F. The van der Waals surface area contributed by atoms with Crippen LogP contribution >= 0.6 is 15.9 Å². The van der Waals surface area contributed by atoms with Gasteiger partial charge in [0.1, 0.15) is 0 Å².